The monoisotopic (exact) mass is 395 g/mol. The zero-order chi connectivity index (χ0) is 19.3. The van der Waals surface area contributed by atoms with Gasteiger partial charge in [0.1, 0.15) is 5.76 Å². The Hall–Kier alpha value is -2.17. The van der Waals surface area contributed by atoms with Crippen molar-refractivity contribution in [2.45, 2.75) is 51.7 Å². The van der Waals surface area contributed by atoms with Crippen LogP contribution in [0.25, 0.3) is 0 Å². The molecule has 3 aromatic rings. The summed E-state index contributed by atoms with van der Waals surface area (Å²) in [5, 5.41) is 4.90. The van der Waals surface area contributed by atoms with E-state index in [1.165, 1.54) is 30.4 Å². The number of halogens is 1. The largest absolute Gasteiger partial charge is 0.361 e. The van der Waals surface area contributed by atoms with Crippen LogP contribution in [-0.2, 0) is 19.5 Å². The number of hydrogen-bond donors (Lipinski definition) is 0. The van der Waals surface area contributed by atoms with Crippen molar-refractivity contribution < 1.29 is 4.52 Å². The summed E-state index contributed by atoms with van der Waals surface area (Å²) in [5.41, 5.74) is 3.41. The van der Waals surface area contributed by atoms with Crippen LogP contribution in [0.15, 0.2) is 59.4 Å². The van der Waals surface area contributed by atoms with Crippen LogP contribution in [0.2, 0.25) is 5.02 Å². The summed E-state index contributed by atoms with van der Waals surface area (Å²) < 4.78 is 5.51. The van der Waals surface area contributed by atoms with Gasteiger partial charge in [0.2, 0.25) is 0 Å². The molecule has 0 aliphatic heterocycles. The van der Waals surface area contributed by atoms with Gasteiger partial charge in [-0.15, -0.1) is 0 Å². The lowest BCUT2D eigenvalue weighted by Crippen LogP contribution is -2.37. The predicted molar refractivity (Wildman–Crippen MR) is 111 cm³/mol. The van der Waals surface area contributed by atoms with Crippen molar-refractivity contribution in [3.8, 4) is 0 Å². The Morgan fingerprint density at radius 3 is 2.68 bits per heavy atom. The summed E-state index contributed by atoms with van der Waals surface area (Å²) in [7, 11) is 0. The number of nitrogens with zero attached hydrogens (tertiary/aromatic N) is 3. The molecule has 28 heavy (non-hydrogen) atoms. The van der Waals surface area contributed by atoms with E-state index in [0.717, 1.165) is 36.0 Å². The van der Waals surface area contributed by atoms with E-state index in [-0.39, 0.29) is 0 Å². The molecular weight excluding hydrogens is 370 g/mol. The predicted octanol–water partition coefficient (Wildman–Crippen LogP) is 5.45. The molecule has 0 N–H and O–H groups in total. The van der Waals surface area contributed by atoms with Gasteiger partial charge in [-0.3, -0.25) is 9.88 Å². The second-order valence-corrected chi connectivity index (χ2v) is 8.16. The highest BCUT2D eigenvalue weighted by molar-refractivity contribution is 6.31. The van der Waals surface area contributed by atoms with Gasteiger partial charge >= 0.3 is 0 Å². The van der Waals surface area contributed by atoms with Crippen molar-refractivity contribution in [2.75, 3.05) is 0 Å². The molecule has 0 radical (unpaired) electrons. The number of aryl methyl sites for hydroxylation is 1. The molecule has 5 heteroatoms. The molecule has 0 amide bonds. The lowest BCUT2D eigenvalue weighted by Gasteiger charge is -2.33. The molecule has 0 unspecified atom stereocenters. The Kier molecular flexibility index (Phi) is 6.08. The van der Waals surface area contributed by atoms with Gasteiger partial charge in [0, 0.05) is 49.0 Å². The van der Waals surface area contributed by atoms with Gasteiger partial charge in [-0.2, -0.15) is 0 Å². The first kappa shape index (κ1) is 19.2. The maximum absolute atomic E-state index is 6.49. The first-order valence-electron chi connectivity index (χ1n) is 9.97. The molecule has 4 rings (SSSR count). The first-order valence-corrected chi connectivity index (χ1v) is 10.4. The Bertz CT molecular complexity index is 896. The molecule has 1 aliphatic carbocycles. The normalized spacial score (nSPS) is 19.4. The van der Waals surface area contributed by atoms with Crippen LogP contribution in [0.3, 0.4) is 0 Å². The minimum absolute atomic E-state index is 0.495. The first-order chi connectivity index (χ1) is 13.7. The third-order valence-electron chi connectivity index (χ3n) is 5.69. The van der Waals surface area contributed by atoms with Crippen LogP contribution in [0.5, 0.6) is 0 Å². The minimum atomic E-state index is 0.495. The molecule has 1 saturated carbocycles. The van der Waals surface area contributed by atoms with E-state index in [9.17, 15) is 0 Å². The van der Waals surface area contributed by atoms with Crippen LogP contribution in [0, 0.1) is 12.8 Å². The molecule has 2 atom stereocenters. The standard InChI is InChI=1S/C23H26ClN3O/c1-17-13-21(28-26-17)14-19-6-4-8-23(19)27(15-18-9-11-25-12-10-18)16-20-5-2-3-7-22(20)24/h2-3,5,7,9-13,19,23H,4,6,8,14-16H2,1H3/t19-,23+/m0/s1. The molecular formula is C23H26ClN3O. The molecule has 0 bridgehead atoms. The molecule has 4 nitrogen and oxygen atoms in total. The van der Waals surface area contributed by atoms with Crippen molar-refractivity contribution in [2.24, 2.45) is 5.92 Å². The summed E-state index contributed by atoms with van der Waals surface area (Å²) in [5.74, 6) is 1.56. The molecule has 1 aliphatic rings. The fraction of sp³-hybridized carbons (Fsp3) is 0.391. The van der Waals surface area contributed by atoms with Crippen LogP contribution >= 0.6 is 11.6 Å². The Morgan fingerprint density at radius 1 is 1.11 bits per heavy atom. The second kappa shape index (κ2) is 8.89. The molecule has 0 saturated heterocycles. The number of hydrogen-bond acceptors (Lipinski definition) is 4. The van der Waals surface area contributed by atoms with Gasteiger partial charge < -0.3 is 4.52 Å². The maximum Gasteiger partial charge on any atom is 0.137 e. The Balaban J connectivity index is 1.56. The van der Waals surface area contributed by atoms with E-state index in [1.807, 2.05) is 31.5 Å². The number of aromatic nitrogens is 2. The van der Waals surface area contributed by atoms with Crippen LogP contribution in [0.1, 0.15) is 41.8 Å². The molecule has 146 valence electrons. The molecule has 2 heterocycles. The van der Waals surface area contributed by atoms with E-state index < -0.39 is 0 Å². The summed E-state index contributed by atoms with van der Waals surface area (Å²) in [6.07, 6.45) is 8.35. The highest BCUT2D eigenvalue weighted by Crippen LogP contribution is 2.35. The van der Waals surface area contributed by atoms with E-state index in [1.54, 1.807) is 0 Å². The van der Waals surface area contributed by atoms with E-state index in [2.05, 4.69) is 45.4 Å². The lowest BCUT2D eigenvalue weighted by atomic mass is 9.95. The van der Waals surface area contributed by atoms with Crippen molar-refractivity contribution >= 4 is 11.6 Å². The van der Waals surface area contributed by atoms with E-state index in [0.29, 0.717) is 12.0 Å². The number of benzene rings is 1. The SMILES string of the molecule is Cc1cc(C[C@@H]2CCC[C@H]2N(Cc2ccncc2)Cc2ccccc2Cl)on1. The van der Waals surface area contributed by atoms with Crippen molar-refractivity contribution in [1.29, 1.82) is 0 Å². The fourth-order valence-corrected chi connectivity index (χ4v) is 4.56. The Morgan fingerprint density at radius 2 is 1.93 bits per heavy atom. The van der Waals surface area contributed by atoms with Gasteiger partial charge in [0.15, 0.2) is 0 Å². The third kappa shape index (κ3) is 4.62. The summed E-state index contributed by atoms with van der Waals surface area (Å²) in [6, 6.07) is 14.9. The quantitative estimate of drug-likeness (QED) is 0.533. The average molecular weight is 396 g/mol. The fourth-order valence-electron chi connectivity index (χ4n) is 4.37. The van der Waals surface area contributed by atoms with Gasteiger partial charge in [0.05, 0.1) is 5.69 Å². The lowest BCUT2D eigenvalue weighted by molar-refractivity contribution is 0.138. The highest BCUT2D eigenvalue weighted by Gasteiger charge is 2.33. The van der Waals surface area contributed by atoms with Gasteiger partial charge in [0.25, 0.3) is 0 Å². The van der Waals surface area contributed by atoms with Crippen molar-refractivity contribution in [1.82, 2.24) is 15.0 Å². The maximum atomic E-state index is 6.49. The number of pyridine rings is 1. The molecule has 2 aromatic heterocycles. The molecule has 0 spiro atoms. The van der Waals surface area contributed by atoms with Gasteiger partial charge in [-0.1, -0.05) is 41.4 Å². The zero-order valence-corrected chi connectivity index (χ0v) is 17.0. The minimum Gasteiger partial charge on any atom is -0.361 e. The highest BCUT2D eigenvalue weighted by atomic mass is 35.5. The second-order valence-electron chi connectivity index (χ2n) is 7.75. The van der Waals surface area contributed by atoms with E-state index >= 15 is 0 Å². The van der Waals surface area contributed by atoms with Crippen LogP contribution in [-0.4, -0.2) is 21.1 Å². The zero-order valence-electron chi connectivity index (χ0n) is 16.2. The summed E-state index contributed by atoms with van der Waals surface area (Å²) >= 11 is 6.49. The average Bonchev–Trinajstić information content (AvgIpc) is 3.33. The van der Waals surface area contributed by atoms with Gasteiger partial charge in [-0.25, -0.2) is 0 Å². The third-order valence-corrected chi connectivity index (χ3v) is 6.06. The number of rotatable bonds is 7. The van der Waals surface area contributed by atoms with Crippen LogP contribution in [0.4, 0.5) is 0 Å². The Labute approximate surface area is 171 Å². The molecule has 1 aromatic carbocycles. The van der Waals surface area contributed by atoms with Crippen LogP contribution < -0.4 is 0 Å². The molecule has 1 fully saturated rings. The summed E-state index contributed by atoms with van der Waals surface area (Å²) in [6.45, 7) is 3.72. The topological polar surface area (TPSA) is 42.2 Å². The van der Waals surface area contributed by atoms with E-state index in [4.69, 9.17) is 16.1 Å². The van der Waals surface area contributed by atoms with Crippen molar-refractivity contribution in [3.05, 3.63) is 82.5 Å². The summed E-state index contributed by atoms with van der Waals surface area (Å²) in [4.78, 5) is 6.74. The van der Waals surface area contributed by atoms with Crippen molar-refractivity contribution in [3.63, 3.8) is 0 Å². The van der Waals surface area contributed by atoms with Gasteiger partial charge in [-0.05, 0) is 55.0 Å². The smallest absolute Gasteiger partial charge is 0.137 e.